The molecule has 2 aromatic rings. The van der Waals surface area contributed by atoms with Gasteiger partial charge in [0.15, 0.2) is 0 Å². The largest absolute Gasteiger partial charge is 0.377 e. The van der Waals surface area contributed by atoms with E-state index in [0.29, 0.717) is 45.2 Å². The van der Waals surface area contributed by atoms with Crippen molar-refractivity contribution in [3.05, 3.63) is 36.0 Å². The van der Waals surface area contributed by atoms with Crippen molar-refractivity contribution in [2.75, 3.05) is 39.5 Å². The molecule has 2 amide bonds. The average molecular weight is 385 g/mol. The molecule has 1 aromatic heterocycles. The Bertz CT molecular complexity index is 878. The van der Waals surface area contributed by atoms with E-state index in [1.807, 2.05) is 58.5 Å². The van der Waals surface area contributed by atoms with Crippen molar-refractivity contribution in [3.8, 4) is 0 Å². The number of fused-ring (bicyclic) bond motifs is 1. The maximum absolute atomic E-state index is 13.3. The highest BCUT2D eigenvalue weighted by Crippen LogP contribution is 2.23. The Hall–Kier alpha value is -2.38. The predicted octanol–water partition coefficient (Wildman–Crippen LogP) is 1.75. The molecule has 0 saturated carbocycles. The minimum absolute atomic E-state index is 0.0150. The molecule has 28 heavy (non-hydrogen) atoms. The van der Waals surface area contributed by atoms with Crippen LogP contribution < -0.4 is 0 Å². The molecule has 2 aliphatic rings. The third kappa shape index (κ3) is 3.52. The molecule has 7 nitrogen and oxygen atoms in total. The van der Waals surface area contributed by atoms with Crippen LogP contribution in [0.25, 0.3) is 10.9 Å². The first kappa shape index (κ1) is 19.0. The highest BCUT2D eigenvalue weighted by Gasteiger charge is 2.30. The molecule has 0 aliphatic carbocycles. The highest BCUT2D eigenvalue weighted by molar-refractivity contribution is 5.99. The predicted molar refractivity (Wildman–Crippen MR) is 105 cm³/mol. The summed E-state index contributed by atoms with van der Waals surface area (Å²) in [7, 11) is 0. The van der Waals surface area contributed by atoms with Gasteiger partial charge in [-0.25, -0.2) is 0 Å². The number of carbonyl (C=O) groups excluding carboxylic acids is 2. The Morgan fingerprint density at radius 1 is 1.00 bits per heavy atom. The molecule has 150 valence electrons. The average Bonchev–Trinajstić information content (AvgIpc) is 3.06. The van der Waals surface area contributed by atoms with Crippen molar-refractivity contribution in [1.82, 2.24) is 14.4 Å². The summed E-state index contributed by atoms with van der Waals surface area (Å²) in [4.78, 5) is 30.1. The van der Waals surface area contributed by atoms with E-state index in [0.717, 1.165) is 10.9 Å². The smallest absolute Gasteiger partial charge is 0.270 e. The number of aromatic nitrogens is 1. The summed E-state index contributed by atoms with van der Waals surface area (Å²) in [6.07, 6.45) is 0. The van der Waals surface area contributed by atoms with Crippen LogP contribution in [0.2, 0.25) is 0 Å². The summed E-state index contributed by atoms with van der Waals surface area (Å²) >= 11 is 0. The van der Waals surface area contributed by atoms with Crippen molar-refractivity contribution < 1.29 is 19.1 Å². The Kier molecular flexibility index (Phi) is 5.37. The van der Waals surface area contributed by atoms with E-state index in [9.17, 15) is 9.59 Å². The molecule has 1 aromatic carbocycles. The normalized spacial score (nSPS) is 23.2. The van der Waals surface area contributed by atoms with E-state index in [1.165, 1.54) is 0 Å². The number of benzene rings is 1. The summed E-state index contributed by atoms with van der Waals surface area (Å²) < 4.78 is 12.8. The van der Waals surface area contributed by atoms with Gasteiger partial charge in [0, 0.05) is 24.0 Å². The molecule has 2 saturated heterocycles. The van der Waals surface area contributed by atoms with Gasteiger partial charge < -0.3 is 23.8 Å². The fraction of sp³-hybridized carbons (Fsp3) is 0.524. The number of rotatable bonds is 3. The molecule has 2 atom stereocenters. The van der Waals surface area contributed by atoms with E-state index >= 15 is 0 Å². The minimum atomic E-state index is -0.0465. The van der Waals surface area contributed by atoms with E-state index in [2.05, 4.69) is 0 Å². The summed E-state index contributed by atoms with van der Waals surface area (Å²) in [6.45, 7) is 7.47. The van der Waals surface area contributed by atoms with Crippen molar-refractivity contribution in [1.29, 1.82) is 0 Å². The quantitative estimate of drug-likeness (QED) is 0.808. The van der Waals surface area contributed by atoms with Crippen LogP contribution in [0, 0.1) is 0 Å². The molecular weight excluding hydrogens is 358 g/mol. The first-order valence-corrected chi connectivity index (χ1v) is 9.90. The number of para-hydroxylation sites is 1. The Labute approximate surface area is 164 Å². The second-order valence-corrected chi connectivity index (χ2v) is 7.61. The summed E-state index contributed by atoms with van der Waals surface area (Å²) in [5.41, 5.74) is 1.46. The Morgan fingerprint density at radius 2 is 1.64 bits per heavy atom. The van der Waals surface area contributed by atoms with Gasteiger partial charge in [0.25, 0.3) is 5.91 Å². The highest BCUT2D eigenvalue weighted by atomic mass is 16.5. The standard InChI is InChI=1S/C21H27N3O4/c1-15-13-27-9-7-22(15)20(25)12-24-18-6-4-3-5-17(18)11-19(24)21(26)23-8-10-28-14-16(23)2/h3-6,11,15-16H,7-10,12-14H2,1-2H3/t15-,16-/m0/s1. The fourth-order valence-electron chi connectivity index (χ4n) is 4.06. The van der Waals surface area contributed by atoms with Crippen LogP contribution in [-0.4, -0.2) is 77.8 Å². The number of morpholine rings is 2. The summed E-state index contributed by atoms with van der Waals surface area (Å²) in [5, 5.41) is 0.967. The third-order valence-corrected chi connectivity index (χ3v) is 5.64. The number of hydrogen-bond donors (Lipinski definition) is 0. The SMILES string of the molecule is C[C@H]1COCCN1C(=O)Cn1c(C(=O)N2CCOC[C@@H]2C)cc2ccccc21. The van der Waals surface area contributed by atoms with Gasteiger partial charge in [-0.1, -0.05) is 18.2 Å². The minimum Gasteiger partial charge on any atom is -0.377 e. The van der Waals surface area contributed by atoms with Crippen LogP contribution >= 0.6 is 0 Å². The van der Waals surface area contributed by atoms with Crippen molar-refractivity contribution in [2.24, 2.45) is 0 Å². The molecule has 0 radical (unpaired) electrons. The molecule has 2 aliphatic heterocycles. The van der Waals surface area contributed by atoms with Crippen LogP contribution in [0.1, 0.15) is 24.3 Å². The van der Waals surface area contributed by atoms with Gasteiger partial charge in [0.05, 0.1) is 38.5 Å². The summed E-state index contributed by atoms with van der Waals surface area (Å²) in [5.74, 6) is -0.0314. The van der Waals surface area contributed by atoms with Crippen molar-refractivity contribution in [2.45, 2.75) is 32.5 Å². The summed E-state index contributed by atoms with van der Waals surface area (Å²) in [6, 6.07) is 9.79. The molecule has 3 heterocycles. The Morgan fingerprint density at radius 3 is 2.32 bits per heavy atom. The maximum Gasteiger partial charge on any atom is 0.270 e. The van der Waals surface area contributed by atoms with Crippen LogP contribution in [0.4, 0.5) is 0 Å². The zero-order chi connectivity index (χ0) is 19.7. The van der Waals surface area contributed by atoms with Crippen LogP contribution in [0.15, 0.2) is 30.3 Å². The number of ether oxygens (including phenoxy) is 2. The van der Waals surface area contributed by atoms with Gasteiger partial charge in [-0.3, -0.25) is 9.59 Å². The second kappa shape index (κ2) is 7.93. The van der Waals surface area contributed by atoms with Crippen LogP contribution in [-0.2, 0) is 20.8 Å². The molecule has 0 spiro atoms. The van der Waals surface area contributed by atoms with Gasteiger partial charge in [0.1, 0.15) is 12.2 Å². The van der Waals surface area contributed by atoms with Gasteiger partial charge in [-0.2, -0.15) is 0 Å². The number of nitrogens with zero attached hydrogens (tertiary/aromatic N) is 3. The second-order valence-electron chi connectivity index (χ2n) is 7.61. The molecule has 2 fully saturated rings. The molecule has 0 N–H and O–H groups in total. The first-order valence-electron chi connectivity index (χ1n) is 9.90. The first-order chi connectivity index (χ1) is 13.6. The lowest BCUT2D eigenvalue weighted by Crippen LogP contribution is -2.49. The molecule has 7 heteroatoms. The van der Waals surface area contributed by atoms with Crippen LogP contribution in [0.5, 0.6) is 0 Å². The van der Waals surface area contributed by atoms with Gasteiger partial charge in [-0.15, -0.1) is 0 Å². The molecule has 4 rings (SSSR count). The monoisotopic (exact) mass is 385 g/mol. The zero-order valence-corrected chi connectivity index (χ0v) is 16.5. The lowest BCUT2D eigenvalue weighted by molar-refractivity contribution is -0.139. The molecular formula is C21H27N3O4. The fourth-order valence-corrected chi connectivity index (χ4v) is 4.06. The number of amides is 2. The third-order valence-electron chi connectivity index (χ3n) is 5.64. The van der Waals surface area contributed by atoms with Gasteiger partial charge >= 0.3 is 0 Å². The van der Waals surface area contributed by atoms with Gasteiger partial charge in [0.2, 0.25) is 5.91 Å². The topological polar surface area (TPSA) is 64.0 Å². The van der Waals surface area contributed by atoms with E-state index in [4.69, 9.17) is 9.47 Å². The maximum atomic E-state index is 13.3. The van der Waals surface area contributed by atoms with Crippen LogP contribution in [0.3, 0.4) is 0 Å². The van der Waals surface area contributed by atoms with Gasteiger partial charge in [-0.05, 0) is 26.0 Å². The lowest BCUT2D eigenvalue weighted by atomic mass is 10.2. The van der Waals surface area contributed by atoms with E-state index in [1.54, 1.807) is 0 Å². The lowest BCUT2D eigenvalue weighted by Gasteiger charge is -2.34. The zero-order valence-electron chi connectivity index (χ0n) is 16.5. The Balaban J connectivity index is 1.67. The van der Waals surface area contributed by atoms with Crippen molar-refractivity contribution in [3.63, 3.8) is 0 Å². The number of carbonyl (C=O) groups is 2. The molecule has 0 bridgehead atoms. The van der Waals surface area contributed by atoms with Crippen molar-refractivity contribution >= 4 is 22.7 Å². The number of hydrogen-bond acceptors (Lipinski definition) is 4. The molecule has 0 unspecified atom stereocenters. The van der Waals surface area contributed by atoms with E-state index < -0.39 is 0 Å². The van der Waals surface area contributed by atoms with E-state index in [-0.39, 0.29) is 30.4 Å².